The van der Waals surface area contributed by atoms with Crippen LogP contribution in [0.25, 0.3) is 0 Å². The number of halogens is 1. The van der Waals surface area contributed by atoms with Crippen molar-refractivity contribution in [2.75, 3.05) is 13.7 Å². The van der Waals surface area contributed by atoms with Crippen molar-refractivity contribution in [2.45, 2.75) is 18.9 Å². The minimum atomic E-state index is -0.854. The number of hydrogen-bond acceptors (Lipinski definition) is 3. The van der Waals surface area contributed by atoms with Crippen LogP contribution >= 0.6 is 27.3 Å². The number of aliphatic hydroxyl groups is 1. The molecule has 0 amide bonds. The van der Waals surface area contributed by atoms with Crippen LogP contribution in [-0.4, -0.2) is 18.8 Å². The lowest BCUT2D eigenvalue weighted by Gasteiger charge is -2.25. The van der Waals surface area contributed by atoms with Gasteiger partial charge >= 0.3 is 0 Å². The molecule has 0 fully saturated rings. The van der Waals surface area contributed by atoms with E-state index in [2.05, 4.69) is 15.9 Å². The minimum Gasteiger partial charge on any atom is -0.383 e. The van der Waals surface area contributed by atoms with Gasteiger partial charge in [0.15, 0.2) is 0 Å². The zero-order valence-electron chi connectivity index (χ0n) is 7.71. The highest BCUT2D eigenvalue weighted by Crippen LogP contribution is 2.34. The van der Waals surface area contributed by atoms with Crippen molar-refractivity contribution in [3.8, 4) is 0 Å². The van der Waals surface area contributed by atoms with Crippen LogP contribution in [-0.2, 0) is 10.3 Å². The maximum Gasteiger partial charge on any atom is 0.114 e. The molecule has 74 valence electrons. The van der Waals surface area contributed by atoms with Crippen molar-refractivity contribution in [1.29, 1.82) is 0 Å². The lowest BCUT2D eigenvalue weighted by molar-refractivity contribution is -0.0388. The summed E-state index contributed by atoms with van der Waals surface area (Å²) in [6.07, 6.45) is 0.649. The fourth-order valence-corrected chi connectivity index (χ4v) is 2.98. The highest BCUT2D eigenvalue weighted by molar-refractivity contribution is 9.10. The van der Waals surface area contributed by atoms with Gasteiger partial charge in [0.1, 0.15) is 5.60 Å². The Morgan fingerprint density at radius 1 is 1.62 bits per heavy atom. The molecule has 0 saturated carbocycles. The van der Waals surface area contributed by atoms with Crippen LogP contribution in [0, 0.1) is 0 Å². The van der Waals surface area contributed by atoms with Crippen LogP contribution in [0.3, 0.4) is 0 Å². The molecule has 0 spiro atoms. The van der Waals surface area contributed by atoms with Gasteiger partial charge < -0.3 is 9.84 Å². The molecule has 2 nitrogen and oxygen atoms in total. The van der Waals surface area contributed by atoms with Gasteiger partial charge in [-0.15, -0.1) is 0 Å². The number of thiophene rings is 1. The van der Waals surface area contributed by atoms with Crippen molar-refractivity contribution in [3.63, 3.8) is 0 Å². The number of ether oxygens (including phenoxy) is 1. The third kappa shape index (κ3) is 2.31. The number of methoxy groups -OCH3 is 1. The van der Waals surface area contributed by atoms with E-state index in [9.17, 15) is 5.11 Å². The van der Waals surface area contributed by atoms with Crippen LogP contribution in [0.1, 0.15) is 18.9 Å². The van der Waals surface area contributed by atoms with Gasteiger partial charge in [-0.1, -0.05) is 6.92 Å². The van der Waals surface area contributed by atoms with E-state index in [0.29, 0.717) is 13.0 Å². The summed E-state index contributed by atoms with van der Waals surface area (Å²) in [5.74, 6) is 0. The van der Waals surface area contributed by atoms with E-state index in [1.165, 1.54) is 0 Å². The number of rotatable bonds is 4. The Hall–Kier alpha value is 0.100. The molecule has 1 heterocycles. The molecule has 0 radical (unpaired) electrons. The summed E-state index contributed by atoms with van der Waals surface area (Å²) >= 11 is 4.98. The summed E-state index contributed by atoms with van der Waals surface area (Å²) in [5.41, 5.74) is 0.0648. The summed E-state index contributed by atoms with van der Waals surface area (Å²) in [7, 11) is 1.60. The van der Waals surface area contributed by atoms with Crippen molar-refractivity contribution < 1.29 is 9.84 Å². The molecule has 1 unspecified atom stereocenters. The molecule has 1 atom stereocenters. The molecule has 1 aromatic heterocycles. The Bertz CT molecular complexity index is 274. The summed E-state index contributed by atoms with van der Waals surface area (Å²) in [6, 6.07) is 0. The molecular weight excluding hydrogens is 252 g/mol. The SMILES string of the molecule is CCC(O)(COC)c1cscc1Br. The average Bonchev–Trinajstić information content (AvgIpc) is 2.52. The molecule has 0 bridgehead atoms. The minimum absolute atomic E-state index is 0.332. The van der Waals surface area contributed by atoms with Gasteiger partial charge in [0.2, 0.25) is 0 Å². The Morgan fingerprint density at radius 2 is 2.31 bits per heavy atom. The average molecular weight is 265 g/mol. The van der Waals surface area contributed by atoms with Crippen molar-refractivity contribution in [2.24, 2.45) is 0 Å². The van der Waals surface area contributed by atoms with Crippen LogP contribution < -0.4 is 0 Å². The molecule has 1 aromatic rings. The van der Waals surface area contributed by atoms with Crippen LogP contribution in [0.15, 0.2) is 15.2 Å². The Kier molecular flexibility index (Phi) is 3.91. The van der Waals surface area contributed by atoms with Gasteiger partial charge in [-0.05, 0) is 27.7 Å². The first-order chi connectivity index (χ1) is 6.14. The maximum absolute atomic E-state index is 10.2. The highest BCUT2D eigenvalue weighted by atomic mass is 79.9. The lowest BCUT2D eigenvalue weighted by atomic mass is 9.95. The van der Waals surface area contributed by atoms with E-state index in [4.69, 9.17) is 4.74 Å². The molecule has 0 aliphatic heterocycles. The van der Waals surface area contributed by atoms with Gasteiger partial charge in [-0.3, -0.25) is 0 Å². The van der Waals surface area contributed by atoms with E-state index in [-0.39, 0.29) is 0 Å². The molecule has 0 aromatic carbocycles. The van der Waals surface area contributed by atoms with Crippen LogP contribution in [0.2, 0.25) is 0 Å². The van der Waals surface area contributed by atoms with Gasteiger partial charge in [0, 0.05) is 22.5 Å². The van der Waals surface area contributed by atoms with Crippen LogP contribution in [0.5, 0.6) is 0 Å². The van der Waals surface area contributed by atoms with E-state index in [1.807, 2.05) is 17.7 Å². The number of hydrogen-bond donors (Lipinski definition) is 1. The van der Waals surface area contributed by atoms with E-state index in [1.54, 1.807) is 18.4 Å². The molecule has 13 heavy (non-hydrogen) atoms. The fourth-order valence-electron chi connectivity index (χ4n) is 1.22. The predicted molar refractivity (Wildman–Crippen MR) is 58.1 cm³/mol. The molecule has 1 N–H and O–H groups in total. The standard InChI is InChI=1S/C9H13BrO2S/c1-3-9(11,6-12-2)7-4-13-5-8(7)10/h4-5,11H,3,6H2,1-2H3. The quantitative estimate of drug-likeness (QED) is 0.907. The molecule has 4 heteroatoms. The fraction of sp³-hybridized carbons (Fsp3) is 0.556. The second-order valence-electron chi connectivity index (χ2n) is 2.95. The summed E-state index contributed by atoms with van der Waals surface area (Å²) < 4.78 is 5.97. The van der Waals surface area contributed by atoms with Crippen LogP contribution in [0.4, 0.5) is 0 Å². The maximum atomic E-state index is 10.2. The topological polar surface area (TPSA) is 29.5 Å². The van der Waals surface area contributed by atoms with E-state index in [0.717, 1.165) is 10.0 Å². The first-order valence-corrected chi connectivity index (χ1v) is 5.81. The summed E-state index contributed by atoms with van der Waals surface area (Å²) in [4.78, 5) is 0. The molecule has 0 saturated heterocycles. The Labute approximate surface area is 90.7 Å². The summed E-state index contributed by atoms with van der Waals surface area (Å²) in [6.45, 7) is 2.28. The van der Waals surface area contributed by atoms with Gasteiger partial charge in [-0.2, -0.15) is 11.3 Å². The smallest absolute Gasteiger partial charge is 0.114 e. The summed E-state index contributed by atoms with van der Waals surface area (Å²) in [5, 5.41) is 14.1. The molecule has 0 aliphatic carbocycles. The highest BCUT2D eigenvalue weighted by Gasteiger charge is 2.29. The van der Waals surface area contributed by atoms with Crippen molar-refractivity contribution >= 4 is 27.3 Å². The van der Waals surface area contributed by atoms with E-state index < -0.39 is 5.60 Å². The zero-order valence-corrected chi connectivity index (χ0v) is 10.1. The van der Waals surface area contributed by atoms with Crippen molar-refractivity contribution in [1.82, 2.24) is 0 Å². The predicted octanol–water partition coefficient (Wildman–Crippen LogP) is 2.75. The molecule has 0 aliphatic rings. The Morgan fingerprint density at radius 3 is 2.69 bits per heavy atom. The molecular formula is C9H13BrO2S. The second kappa shape index (κ2) is 4.55. The van der Waals surface area contributed by atoms with Crippen molar-refractivity contribution in [3.05, 3.63) is 20.8 Å². The second-order valence-corrected chi connectivity index (χ2v) is 4.55. The first-order valence-electron chi connectivity index (χ1n) is 4.07. The van der Waals surface area contributed by atoms with Gasteiger partial charge in [-0.25, -0.2) is 0 Å². The van der Waals surface area contributed by atoms with Gasteiger partial charge in [0.05, 0.1) is 6.61 Å². The monoisotopic (exact) mass is 264 g/mol. The largest absolute Gasteiger partial charge is 0.383 e. The first kappa shape index (κ1) is 11.2. The zero-order chi connectivity index (χ0) is 9.90. The Balaban J connectivity index is 2.95. The normalized spacial score (nSPS) is 15.7. The van der Waals surface area contributed by atoms with E-state index >= 15 is 0 Å². The third-order valence-corrected chi connectivity index (χ3v) is 3.79. The lowest BCUT2D eigenvalue weighted by Crippen LogP contribution is -2.30. The molecule has 1 rings (SSSR count). The van der Waals surface area contributed by atoms with Gasteiger partial charge in [0.25, 0.3) is 0 Å². The third-order valence-electron chi connectivity index (χ3n) is 2.08.